The van der Waals surface area contributed by atoms with Crippen LogP contribution in [0.1, 0.15) is 25.8 Å². The second-order valence-electron chi connectivity index (χ2n) is 4.46. The summed E-state index contributed by atoms with van der Waals surface area (Å²) in [6.45, 7) is 7.97. The highest BCUT2D eigenvalue weighted by atomic mass is 16.6. The van der Waals surface area contributed by atoms with E-state index in [1.54, 1.807) is 6.07 Å². The Morgan fingerprint density at radius 1 is 1.40 bits per heavy atom. The predicted molar refractivity (Wildman–Crippen MR) is 78.7 cm³/mol. The fourth-order valence-corrected chi connectivity index (χ4v) is 2.00. The largest absolute Gasteiger partial charge is 0.384 e. The molecule has 0 fully saturated rings. The molecule has 0 aliphatic carbocycles. The zero-order valence-electron chi connectivity index (χ0n) is 11.9. The van der Waals surface area contributed by atoms with Crippen molar-refractivity contribution in [1.82, 2.24) is 4.90 Å². The third kappa shape index (κ3) is 4.52. The minimum absolute atomic E-state index is 0.0842. The zero-order valence-corrected chi connectivity index (χ0v) is 11.9. The number of nitriles is 1. The van der Waals surface area contributed by atoms with Crippen LogP contribution in [-0.4, -0.2) is 36.0 Å². The molecule has 20 heavy (non-hydrogen) atoms. The SMILES string of the molecule is CCCN(CC)CCNc1ccc([N+](=O)[O-])c(C#N)c1. The average molecular weight is 276 g/mol. The quantitative estimate of drug-likeness (QED) is 0.583. The van der Waals surface area contributed by atoms with Crippen molar-refractivity contribution in [2.45, 2.75) is 20.3 Å². The summed E-state index contributed by atoms with van der Waals surface area (Å²) in [5.74, 6) is 0. The lowest BCUT2D eigenvalue weighted by molar-refractivity contribution is -0.385. The van der Waals surface area contributed by atoms with Crippen LogP contribution in [0.15, 0.2) is 18.2 Å². The van der Waals surface area contributed by atoms with Gasteiger partial charge < -0.3 is 10.2 Å². The topological polar surface area (TPSA) is 82.2 Å². The molecule has 0 amide bonds. The Bertz CT molecular complexity index is 496. The molecular weight excluding hydrogens is 256 g/mol. The summed E-state index contributed by atoms with van der Waals surface area (Å²) in [4.78, 5) is 12.5. The molecule has 1 aromatic carbocycles. The first-order valence-corrected chi connectivity index (χ1v) is 6.77. The molecule has 0 bridgehead atoms. The molecule has 0 aliphatic rings. The second-order valence-corrected chi connectivity index (χ2v) is 4.46. The first-order chi connectivity index (χ1) is 9.62. The summed E-state index contributed by atoms with van der Waals surface area (Å²) >= 11 is 0. The van der Waals surface area contributed by atoms with E-state index in [4.69, 9.17) is 5.26 Å². The Balaban J connectivity index is 2.61. The second kappa shape index (κ2) is 8.12. The van der Waals surface area contributed by atoms with Crippen LogP contribution in [0.4, 0.5) is 11.4 Å². The van der Waals surface area contributed by atoms with Gasteiger partial charge in [-0.2, -0.15) is 5.26 Å². The maximum Gasteiger partial charge on any atom is 0.287 e. The highest BCUT2D eigenvalue weighted by molar-refractivity contribution is 5.58. The van der Waals surface area contributed by atoms with Gasteiger partial charge >= 0.3 is 0 Å². The zero-order chi connectivity index (χ0) is 15.0. The smallest absolute Gasteiger partial charge is 0.287 e. The molecule has 0 heterocycles. The first kappa shape index (κ1) is 15.9. The van der Waals surface area contributed by atoms with E-state index < -0.39 is 4.92 Å². The number of likely N-dealkylation sites (N-methyl/N-ethyl adjacent to an activating group) is 1. The van der Waals surface area contributed by atoms with Gasteiger partial charge in [0.2, 0.25) is 0 Å². The summed E-state index contributed by atoms with van der Waals surface area (Å²) in [6.07, 6.45) is 1.12. The van der Waals surface area contributed by atoms with E-state index >= 15 is 0 Å². The van der Waals surface area contributed by atoms with E-state index in [2.05, 4.69) is 24.1 Å². The van der Waals surface area contributed by atoms with E-state index in [0.717, 1.165) is 38.3 Å². The molecule has 0 saturated carbocycles. The van der Waals surface area contributed by atoms with Crippen molar-refractivity contribution in [3.05, 3.63) is 33.9 Å². The summed E-state index contributed by atoms with van der Waals surface area (Å²) < 4.78 is 0. The molecule has 0 radical (unpaired) electrons. The third-order valence-electron chi connectivity index (χ3n) is 3.06. The summed E-state index contributed by atoms with van der Waals surface area (Å²) in [5.41, 5.74) is 0.667. The molecule has 1 rings (SSSR count). The maximum atomic E-state index is 10.7. The molecule has 1 N–H and O–H groups in total. The maximum absolute atomic E-state index is 10.7. The van der Waals surface area contributed by atoms with Crippen LogP contribution in [0.25, 0.3) is 0 Å². The number of nitrogens with zero attached hydrogens (tertiary/aromatic N) is 3. The average Bonchev–Trinajstić information content (AvgIpc) is 2.45. The number of rotatable bonds is 8. The number of hydrogen-bond acceptors (Lipinski definition) is 5. The van der Waals surface area contributed by atoms with Gasteiger partial charge in [-0.3, -0.25) is 10.1 Å². The van der Waals surface area contributed by atoms with Gasteiger partial charge in [-0.15, -0.1) is 0 Å². The van der Waals surface area contributed by atoms with Crippen molar-refractivity contribution in [2.75, 3.05) is 31.5 Å². The fraction of sp³-hybridized carbons (Fsp3) is 0.500. The van der Waals surface area contributed by atoms with Crippen LogP contribution in [0, 0.1) is 21.4 Å². The van der Waals surface area contributed by atoms with Gasteiger partial charge in [0.15, 0.2) is 0 Å². The van der Waals surface area contributed by atoms with Gasteiger partial charge in [0.05, 0.1) is 4.92 Å². The van der Waals surface area contributed by atoms with Crippen LogP contribution in [0.2, 0.25) is 0 Å². The standard InChI is InChI=1S/C14H20N4O2/c1-3-8-17(4-2)9-7-16-13-5-6-14(18(19)20)12(10-13)11-15/h5-6,10,16H,3-4,7-9H2,1-2H3. The lowest BCUT2D eigenvalue weighted by atomic mass is 10.2. The Hall–Kier alpha value is -2.13. The Morgan fingerprint density at radius 2 is 2.15 bits per heavy atom. The van der Waals surface area contributed by atoms with E-state index in [-0.39, 0.29) is 11.3 Å². The van der Waals surface area contributed by atoms with Gasteiger partial charge in [0.1, 0.15) is 11.6 Å². The van der Waals surface area contributed by atoms with Crippen molar-refractivity contribution >= 4 is 11.4 Å². The normalized spacial score (nSPS) is 10.3. The van der Waals surface area contributed by atoms with Gasteiger partial charge in [-0.1, -0.05) is 13.8 Å². The van der Waals surface area contributed by atoms with Crippen LogP contribution in [0.3, 0.4) is 0 Å². The minimum atomic E-state index is -0.539. The lowest BCUT2D eigenvalue weighted by Gasteiger charge is -2.19. The van der Waals surface area contributed by atoms with Crippen molar-refractivity contribution < 1.29 is 4.92 Å². The number of nitrogens with one attached hydrogen (secondary N) is 1. The fourth-order valence-electron chi connectivity index (χ4n) is 2.00. The monoisotopic (exact) mass is 276 g/mol. The van der Waals surface area contributed by atoms with Crippen molar-refractivity contribution in [2.24, 2.45) is 0 Å². The molecule has 0 aromatic heterocycles. The van der Waals surface area contributed by atoms with Crippen LogP contribution >= 0.6 is 0 Å². The molecule has 1 aromatic rings. The number of anilines is 1. The van der Waals surface area contributed by atoms with Gasteiger partial charge in [-0.25, -0.2) is 0 Å². The Labute approximate surface area is 119 Å². The summed E-state index contributed by atoms with van der Waals surface area (Å²) in [5, 5.41) is 22.8. The highest BCUT2D eigenvalue weighted by Gasteiger charge is 2.13. The predicted octanol–water partition coefficient (Wildman–Crippen LogP) is 2.61. The molecule has 108 valence electrons. The van der Waals surface area contributed by atoms with Crippen LogP contribution < -0.4 is 5.32 Å². The van der Waals surface area contributed by atoms with Crippen molar-refractivity contribution in [3.63, 3.8) is 0 Å². The van der Waals surface area contributed by atoms with E-state index in [9.17, 15) is 10.1 Å². The van der Waals surface area contributed by atoms with Crippen LogP contribution in [0.5, 0.6) is 0 Å². The minimum Gasteiger partial charge on any atom is -0.384 e. The molecule has 0 aliphatic heterocycles. The lowest BCUT2D eigenvalue weighted by Crippen LogP contribution is -2.29. The van der Waals surface area contributed by atoms with Crippen molar-refractivity contribution in [3.8, 4) is 6.07 Å². The highest BCUT2D eigenvalue weighted by Crippen LogP contribution is 2.21. The van der Waals surface area contributed by atoms with E-state index in [1.807, 2.05) is 6.07 Å². The number of benzene rings is 1. The number of hydrogen-bond donors (Lipinski definition) is 1. The van der Waals surface area contributed by atoms with Gasteiger partial charge in [0, 0.05) is 24.8 Å². The Morgan fingerprint density at radius 3 is 2.70 bits per heavy atom. The summed E-state index contributed by atoms with van der Waals surface area (Å²) in [6, 6.07) is 6.38. The molecule has 0 unspecified atom stereocenters. The van der Waals surface area contributed by atoms with Gasteiger partial charge in [-0.05, 0) is 31.6 Å². The van der Waals surface area contributed by atoms with E-state index in [0.29, 0.717) is 0 Å². The molecule has 6 nitrogen and oxygen atoms in total. The molecule has 0 saturated heterocycles. The molecule has 0 spiro atoms. The van der Waals surface area contributed by atoms with E-state index in [1.165, 1.54) is 12.1 Å². The van der Waals surface area contributed by atoms with Gasteiger partial charge in [0.25, 0.3) is 5.69 Å². The summed E-state index contributed by atoms with van der Waals surface area (Å²) in [7, 11) is 0. The number of nitro groups is 1. The number of nitro benzene ring substituents is 1. The third-order valence-corrected chi connectivity index (χ3v) is 3.06. The van der Waals surface area contributed by atoms with Crippen molar-refractivity contribution in [1.29, 1.82) is 5.26 Å². The molecule has 6 heteroatoms. The molecule has 0 atom stereocenters. The van der Waals surface area contributed by atoms with Crippen LogP contribution in [-0.2, 0) is 0 Å². The molecular formula is C14H20N4O2. The Kier molecular flexibility index (Phi) is 6.47. The first-order valence-electron chi connectivity index (χ1n) is 6.77.